The van der Waals surface area contributed by atoms with Gasteiger partial charge in [0.1, 0.15) is 0 Å². The molecule has 0 unspecified atom stereocenters. The molecule has 0 aliphatic carbocycles. The van der Waals surface area contributed by atoms with Gasteiger partial charge in [0.05, 0.1) is 0 Å². The summed E-state index contributed by atoms with van der Waals surface area (Å²) in [5.41, 5.74) is 1.12. The number of nitrogens with one attached hydrogen (secondary N) is 1. The molecular weight excluding hydrogens is 268 g/mol. The van der Waals surface area contributed by atoms with E-state index < -0.39 is 0 Å². The van der Waals surface area contributed by atoms with E-state index in [0.717, 1.165) is 28.9 Å². The van der Waals surface area contributed by atoms with Crippen LogP contribution in [0, 0.1) is 0 Å². The lowest BCUT2D eigenvalue weighted by atomic mass is 10.2. The highest BCUT2D eigenvalue weighted by Gasteiger charge is 2.06. The second-order valence-corrected chi connectivity index (χ2v) is 4.28. The minimum atomic E-state index is 0.790. The summed E-state index contributed by atoms with van der Waals surface area (Å²) >= 11 is 3.43. The summed E-state index contributed by atoms with van der Waals surface area (Å²) in [4.78, 5) is 4.39. The third-order valence-corrected chi connectivity index (χ3v) is 2.63. The van der Waals surface area contributed by atoms with Crippen LogP contribution in [-0.2, 0) is 6.54 Å². The van der Waals surface area contributed by atoms with Crippen molar-refractivity contribution in [3.8, 4) is 5.82 Å². The first-order valence-electron chi connectivity index (χ1n) is 5.16. The van der Waals surface area contributed by atoms with Crippen LogP contribution in [0.1, 0.15) is 12.5 Å². The average Bonchev–Trinajstić information content (AvgIpc) is 2.80. The molecule has 16 heavy (non-hydrogen) atoms. The second-order valence-electron chi connectivity index (χ2n) is 3.37. The van der Waals surface area contributed by atoms with Crippen LogP contribution in [0.2, 0.25) is 0 Å². The number of aromatic nitrogens is 3. The van der Waals surface area contributed by atoms with E-state index >= 15 is 0 Å². The van der Waals surface area contributed by atoms with Crippen molar-refractivity contribution in [2.24, 2.45) is 0 Å². The van der Waals surface area contributed by atoms with E-state index in [-0.39, 0.29) is 0 Å². The van der Waals surface area contributed by atoms with Gasteiger partial charge in [-0.3, -0.25) is 0 Å². The molecule has 1 N–H and O–H groups in total. The molecule has 0 atom stereocenters. The van der Waals surface area contributed by atoms with Gasteiger partial charge in [0, 0.05) is 35.2 Å². The summed E-state index contributed by atoms with van der Waals surface area (Å²) in [5.74, 6) is 0.870. The molecule has 5 heteroatoms. The van der Waals surface area contributed by atoms with Crippen molar-refractivity contribution >= 4 is 15.9 Å². The highest BCUT2D eigenvalue weighted by atomic mass is 79.9. The molecule has 2 aromatic heterocycles. The number of rotatable bonds is 4. The van der Waals surface area contributed by atoms with Gasteiger partial charge in [0.25, 0.3) is 0 Å². The van der Waals surface area contributed by atoms with E-state index in [9.17, 15) is 0 Å². The molecular formula is C11H13BrN4. The van der Waals surface area contributed by atoms with Gasteiger partial charge in [-0.15, -0.1) is 0 Å². The molecule has 0 amide bonds. The molecule has 0 aromatic carbocycles. The molecule has 0 saturated heterocycles. The van der Waals surface area contributed by atoms with E-state index in [4.69, 9.17) is 0 Å². The Morgan fingerprint density at radius 1 is 1.50 bits per heavy atom. The number of pyridine rings is 1. The van der Waals surface area contributed by atoms with Gasteiger partial charge < -0.3 is 5.32 Å². The molecule has 0 radical (unpaired) electrons. The molecule has 0 spiro atoms. The Morgan fingerprint density at radius 3 is 3.06 bits per heavy atom. The lowest BCUT2D eigenvalue weighted by Gasteiger charge is -2.09. The van der Waals surface area contributed by atoms with Crippen LogP contribution in [0.3, 0.4) is 0 Å². The minimum absolute atomic E-state index is 0.790. The topological polar surface area (TPSA) is 42.7 Å². The Bertz CT molecular complexity index is 453. The van der Waals surface area contributed by atoms with Crippen molar-refractivity contribution in [3.63, 3.8) is 0 Å². The smallest absolute Gasteiger partial charge is 0.157 e. The Kier molecular flexibility index (Phi) is 3.69. The molecule has 0 bridgehead atoms. The second kappa shape index (κ2) is 5.23. The van der Waals surface area contributed by atoms with Gasteiger partial charge >= 0.3 is 0 Å². The maximum Gasteiger partial charge on any atom is 0.157 e. The van der Waals surface area contributed by atoms with Crippen molar-refractivity contribution < 1.29 is 0 Å². The monoisotopic (exact) mass is 280 g/mol. The SMILES string of the molecule is CCNCc1cc(Br)cnc1-n1cccn1. The average molecular weight is 281 g/mol. The lowest BCUT2D eigenvalue weighted by Crippen LogP contribution is -2.15. The van der Waals surface area contributed by atoms with Gasteiger partial charge in [0.2, 0.25) is 0 Å². The first-order valence-corrected chi connectivity index (χ1v) is 5.95. The van der Waals surface area contributed by atoms with Crippen LogP contribution in [0.15, 0.2) is 35.2 Å². The zero-order valence-electron chi connectivity index (χ0n) is 9.02. The van der Waals surface area contributed by atoms with E-state index in [1.165, 1.54) is 0 Å². The maximum absolute atomic E-state index is 4.39. The predicted octanol–water partition coefficient (Wildman–Crippen LogP) is 2.14. The molecule has 2 aromatic rings. The van der Waals surface area contributed by atoms with Crippen LogP contribution in [0.25, 0.3) is 5.82 Å². The quantitative estimate of drug-likeness (QED) is 0.933. The van der Waals surface area contributed by atoms with E-state index in [1.807, 2.05) is 12.3 Å². The summed E-state index contributed by atoms with van der Waals surface area (Å²) in [5, 5.41) is 7.49. The Labute approximate surface area is 103 Å². The van der Waals surface area contributed by atoms with Crippen LogP contribution in [0.4, 0.5) is 0 Å². The number of halogens is 1. The van der Waals surface area contributed by atoms with Crippen LogP contribution in [0.5, 0.6) is 0 Å². The predicted molar refractivity (Wildman–Crippen MR) is 66.4 cm³/mol. The molecule has 0 aliphatic rings. The molecule has 2 heterocycles. The van der Waals surface area contributed by atoms with Crippen molar-refractivity contribution in [1.82, 2.24) is 20.1 Å². The largest absolute Gasteiger partial charge is 0.313 e. The van der Waals surface area contributed by atoms with Gasteiger partial charge in [-0.05, 0) is 34.6 Å². The van der Waals surface area contributed by atoms with E-state index in [1.54, 1.807) is 17.1 Å². The van der Waals surface area contributed by atoms with Gasteiger partial charge in [-0.25, -0.2) is 9.67 Å². The van der Waals surface area contributed by atoms with E-state index in [2.05, 4.69) is 44.3 Å². The van der Waals surface area contributed by atoms with Gasteiger partial charge in [-0.1, -0.05) is 6.92 Å². The van der Waals surface area contributed by atoms with E-state index in [0.29, 0.717) is 0 Å². The summed E-state index contributed by atoms with van der Waals surface area (Å²) in [6, 6.07) is 3.95. The number of hydrogen-bond donors (Lipinski definition) is 1. The first-order chi connectivity index (χ1) is 7.81. The molecule has 4 nitrogen and oxygen atoms in total. The fourth-order valence-electron chi connectivity index (χ4n) is 1.46. The highest BCUT2D eigenvalue weighted by Crippen LogP contribution is 2.16. The summed E-state index contributed by atoms with van der Waals surface area (Å²) < 4.78 is 2.76. The highest BCUT2D eigenvalue weighted by molar-refractivity contribution is 9.10. The zero-order chi connectivity index (χ0) is 11.4. The fourth-order valence-corrected chi connectivity index (χ4v) is 1.84. The van der Waals surface area contributed by atoms with Crippen molar-refractivity contribution in [3.05, 3.63) is 40.8 Å². The zero-order valence-corrected chi connectivity index (χ0v) is 10.6. The van der Waals surface area contributed by atoms with Gasteiger partial charge in [0.15, 0.2) is 5.82 Å². The Balaban J connectivity index is 2.36. The van der Waals surface area contributed by atoms with Crippen LogP contribution < -0.4 is 5.32 Å². The third kappa shape index (κ3) is 2.48. The third-order valence-electron chi connectivity index (χ3n) is 2.20. The van der Waals surface area contributed by atoms with Crippen molar-refractivity contribution in [2.45, 2.75) is 13.5 Å². The van der Waals surface area contributed by atoms with Gasteiger partial charge in [-0.2, -0.15) is 5.10 Å². The Hall–Kier alpha value is -1.20. The summed E-state index contributed by atoms with van der Waals surface area (Å²) in [7, 11) is 0. The standard InChI is InChI=1S/C11H13BrN4/c1-2-13-7-9-6-10(12)8-14-11(9)16-5-3-4-15-16/h3-6,8,13H,2,7H2,1H3. The first kappa shape index (κ1) is 11.3. The number of nitrogens with zero attached hydrogens (tertiary/aromatic N) is 3. The summed E-state index contributed by atoms with van der Waals surface area (Å²) in [6.45, 7) is 3.81. The fraction of sp³-hybridized carbons (Fsp3) is 0.273. The van der Waals surface area contributed by atoms with Crippen LogP contribution in [-0.4, -0.2) is 21.3 Å². The normalized spacial score (nSPS) is 10.6. The molecule has 0 aliphatic heterocycles. The van der Waals surface area contributed by atoms with Crippen molar-refractivity contribution in [1.29, 1.82) is 0 Å². The Morgan fingerprint density at radius 2 is 2.38 bits per heavy atom. The maximum atomic E-state index is 4.39. The van der Waals surface area contributed by atoms with Crippen molar-refractivity contribution in [2.75, 3.05) is 6.54 Å². The minimum Gasteiger partial charge on any atom is -0.313 e. The summed E-state index contributed by atoms with van der Waals surface area (Å²) in [6.07, 6.45) is 5.43. The van der Waals surface area contributed by atoms with Crippen LogP contribution >= 0.6 is 15.9 Å². The molecule has 0 saturated carbocycles. The molecule has 84 valence electrons. The molecule has 0 fully saturated rings. The molecule has 2 rings (SSSR count). The lowest BCUT2D eigenvalue weighted by molar-refractivity contribution is 0.709. The number of hydrogen-bond acceptors (Lipinski definition) is 3.